The third kappa shape index (κ3) is 5.02. The molecule has 1 N–H and O–H groups in total. The number of halogens is 1. The first-order valence-electron chi connectivity index (χ1n) is 8.81. The van der Waals surface area contributed by atoms with Crippen molar-refractivity contribution in [3.8, 4) is 0 Å². The molecule has 0 saturated carbocycles. The first-order valence-corrected chi connectivity index (χ1v) is 9.60. The maximum absolute atomic E-state index is 12.3. The summed E-state index contributed by atoms with van der Waals surface area (Å²) in [5.41, 5.74) is 5.79. The van der Waals surface area contributed by atoms with Crippen molar-refractivity contribution in [1.29, 1.82) is 0 Å². The summed E-state index contributed by atoms with van der Waals surface area (Å²) >= 11 is 3.46. The molecule has 2 heterocycles. The van der Waals surface area contributed by atoms with E-state index in [4.69, 9.17) is 0 Å². The van der Waals surface area contributed by atoms with Crippen molar-refractivity contribution in [2.75, 3.05) is 13.1 Å². The highest BCUT2D eigenvalue weighted by molar-refractivity contribution is 9.10. The largest absolute Gasteiger partial charge is 0.299 e. The van der Waals surface area contributed by atoms with Crippen LogP contribution in [0, 0.1) is 12.8 Å². The fourth-order valence-corrected chi connectivity index (χ4v) is 3.47. The number of hydrogen-bond donors (Lipinski definition) is 1. The van der Waals surface area contributed by atoms with Crippen molar-refractivity contribution in [3.63, 3.8) is 0 Å². The zero-order chi connectivity index (χ0) is 18.5. The molecule has 1 aliphatic rings. The highest BCUT2D eigenvalue weighted by Crippen LogP contribution is 2.20. The van der Waals surface area contributed by atoms with Gasteiger partial charge < -0.3 is 0 Å². The molecule has 3 rings (SSSR count). The molecule has 0 spiro atoms. The van der Waals surface area contributed by atoms with Gasteiger partial charge in [-0.2, -0.15) is 10.2 Å². The predicted molar refractivity (Wildman–Crippen MR) is 106 cm³/mol. The second-order valence-electron chi connectivity index (χ2n) is 6.75. The molecule has 0 aliphatic carbocycles. The monoisotopic (exact) mass is 417 g/mol. The molecule has 138 valence electrons. The van der Waals surface area contributed by atoms with Crippen molar-refractivity contribution >= 4 is 28.1 Å². The minimum atomic E-state index is 0.00563. The summed E-state index contributed by atoms with van der Waals surface area (Å²) in [5.74, 6) is 0.0365. The Morgan fingerprint density at radius 2 is 2.04 bits per heavy atom. The molecule has 0 unspecified atom stereocenters. The third-order valence-corrected chi connectivity index (χ3v) is 5.24. The molecule has 26 heavy (non-hydrogen) atoms. The van der Waals surface area contributed by atoms with Gasteiger partial charge in [-0.05, 0) is 50.6 Å². The molecule has 1 fully saturated rings. The highest BCUT2D eigenvalue weighted by atomic mass is 79.9. The molecule has 1 aliphatic heterocycles. The third-order valence-electron chi connectivity index (χ3n) is 4.71. The number of carbonyl (C=O) groups is 1. The van der Waals surface area contributed by atoms with Crippen molar-refractivity contribution in [2.24, 2.45) is 18.1 Å². The van der Waals surface area contributed by atoms with Crippen molar-refractivity contribution < 1.29 is 4.79 Å². The van der Waals surface area contributed by atoms with Crippen LogP contribution in [0.2, 0.25) is 0 Å². The quantitative estimate of drug-likeness (QED) is 0.600. The predicted octanol–water partition coefficient (Wildman–Crippen LogP) is 2.85. The molecule has 0 atom stereocenters. The Hall–Kier alpha value is -1.99. The maximum atomic E-state index is 12.3. The molecule has 1 aromatic heterocycles. The summed E-state index contributed by atoms with van der Waals surface area (Å²) in [4.78, 5) is 14.7. The first-order chi connectivity index (χ1) is 12.5. The van der Waals surface area contributed by atoms with E-state index < -0.39 is 0 Å². The number of benzene rings is 1. The van der Waals surface area contributed by atoms with Crippen molar-refractivity contribution in [3.05, 3.63) is 51.8 Å². The van der Waals surface area contributed by atoms with Crippen LogP contribution < -0.4 is 5.43 Å². The molecule has 0 bridgehead atoms. The molecule has 0 radical (unpaired) electrons. The Bertz CT molecular complexity index is 776. The van der Waals surface area contributed by atoms with E-state index in [1.165, 1.54) is 5.56 Å². The average Bonchev–Trinajstić information content (AvgIpc) is 2.95. The van der Waals surface area contributed by atoms with Gasteiger partial charge in [-0.1, -0.05) is 28.1 Å². The molecular formula is C19H24BrN5O. The molecule has 7 heteroatoms. The lowest BCUT2D eigenvalue weighted by molar-refractivity contribution is -0.126. The second-order valence-corrected chi connectivity index (χ2v) is 7.67. The van der Waals surface area contributed by atoms with E-state index in [0.717, 1.165) is 48.2 Å². The fourth-order valence-electron chi connectivity index (χ4n) is 3.20. The number of amides is 1. The summed E-state index contributed by atoms with van der Waals surface area (Å²) in [6, 6.07) is 8.41. The second kappa shape index (κ2) is 8.60. The smallest absolute Gasteiger partial charge is 0.243 e. The normalized spacial score (nSPS) is 16.3. The standard InChI is InChI=1S/C19H24BrN5O/c1-14-17(13-24(2)23-14)11-21-22-19(26)16-7-9-25(10-8-16)12-15-3-5-18(20)6-4-15/h3-6,11,13,16H,7-10,12H2,1-2H3,(H,22,26)/b21-11-. The maximum Gasteiger partial charge on any atom is 0.243 e. The van der Waals surface area contributed by atoms with Crippen LogP contribution in [0.15, 0.2) is 40.0 Å². The Kier molecular flexibility index (Phi) is 6.21. The number of carbonyl (C=O) groups excluding carboxylic acids is 1. The van der Waals surface area contributed by atoms with Gasteiger partial charge in [-0.15, -0.1) is 0 Å². The van der Waals surface area contributed by atoms with Gasteiger partial charge in [0.2, 0.25) is 5.91 Å². The number of nitrogens with one attached hydrogen (secondary N) is 1. The summed E-state index contributed by atoms with van der Waals surface area (Å²) in [7, 11) is 1.87. The van der Waals surface area contributed by atoms with E-state index in [2.05, 4.69) is 60.7 Å². The Balaban J connectivity index is 1.44. The topological polar surface area (TPSA) is 62.5 Å². The van der Waals surface area contributed by atoms with E-state index in [0.29, 0.717) is 0 Å². The number of aryl methyl sites for hydroxylation is 2. The molecule has 1 aromatic carbocycles. The fraction of sp³-hybridized carbons (Fsp3) is 0.421. The number of rotatable bonds is 5. The molecular weight excluding hydrogens is 394 g/mol. The van der Waals surface area contributed by atoms with Crippen LogP contribution in [0.4, 0.5) is 0 Å². The van der Waals surface area contributed by atoms with Crippen LogP contribution in [0.1, 0.15) is 29.7 Å². The van der Waals surface area contributed by atoms with Gasteiger partial charge in [0.05, 0.1) is 11.9 Å². The Labute approximate surface area is 162 Å². The van der Waals surface area contributed by atoms with Crippen LogP contribution in [0.5, 0.6) is 0 Å². The summed E-state index contributed by atoms with van der Waals surface area (Å²) in [6.07, 6.45) is 5.27. The average molecular weight is 418 g/mol. The lowest BCUT2D eigenvalue weighted by Gasteiger charge is -2.30. The van der Waals surface area contributed by atoms with Gasteiger partial charge in [0.15, 0.2) is 0 Å². The van der Waals surface area contributed by atoms with Crippen molar-refractivity contribution in [2.45, 2.75) is 26.3 Å². The summed E-state index contributed by atoms with van der Waals surface area (Å²) in [6.45, 7) is 4.71. The Morgan fingerprint density at radius 1 is 1.35 bits per heavy atom. The minimum absolute atomic E-state index is 0.00563. The molecule has 6 nitrogen and oxygen atoms in total. The van der Waals surface area contributed by atoms with Gasteiger partial charge in [0.25, 0.3) is 0 Å². The first kappa shape index (κ1) is 18.8. The number of aromatic nitrogens is 2. The number of piperidine rings is 1. The van der Waals surface area contributed by atoms with E-state index in [-0.39, 0.29) is 11.8 Å². The molecule has 2 aromatic rings. The SMILES string of the molecule is Cc1nn(C)cc1/C=N\NC(=O)C1CCN(Cc2ccc(Br)cc2)CC1. The highest BCUT2D eigenvalue weighted by Gasteiger charge is 2.24. The summed E-state index contributed by atoms with van der Waals surface area (Å²) in [5, 5.41) is 8.34. The minimum Gasteiger partial charge on any atom is -0.299 e. The van der Waals surface area contributed by atoms with Gasteiger partial charge in [-0.25, -0.2) is 5.43 Å². The zero-order valence-corrected chi connectivity index (χ0v) is 16.7. The van der Waals surface area contributed by atoms with E-state index >= 15 is 0 Å². The van der Waals surface area contributed by atoms with Crippen LogP contribution in [-0.2, 0) is 18.4 Å². The lowest BCUT2D eigenvalue weighted by Crippen LogP contribution is -2.39. The number of hydrogen-bond acceptors (Lipinski definition) is 4. The summed E-state index contributed by atoms with van der Waals surface area (Å²) < 4.78 is 2.83. The van der Waals surface area contributed by atoms with Crippen LogP contribution >= 0.6 is 15.9 Å². The van der Waals surface area contributed by atoms with Crippen LogP contribution in [-0.4, -0.2) is 39.9 Å². The van der Waals surface area contributed by atoms with Gasteiger partial charge in [0.1, 0.15) is 0 Å². The Morgan fingerprint density at radius 3 is 2.65 bits per heavy atom. The van der Waals surface area contributed by atoms with Gasteiger partial charge >= 0.3 is 0 Å². The zero-order valence-electron chi connectivity index (χ0n) is 15.2. The number of hydrazone groups is 1. The number of likely N-dealkylation sites (tertiary alicyclic amines) is 1. The number of nitrogens with zero attached hydrogens (tertiary/aromatic N) is 4. The van der Waals surface area contributed by atoms with E-state index in [9.17, 15) is 4.79 Å². The van der Waals surface area contributed by atoms with Gasteiger partial charge in [0, 0.05) is 35.7 Å². The van der Waals surface area contributed by atoms with Crippen LogP contribution in [0.25, 0.3) is 0 Å². The molecule has 1 saturated heterocycles. The van der Waals surface area contributed by atoms with Crippen LogP contribution in [0.3, 0.4) is 0 Å². The van der Waals surface area contributed by atoms with Crippen molar-refractivity contribution in [1.82, 2.24) is 20.1 Å². The molecule has 1 amide bonds. The van der Waals surface area contributed by atoms with Gasteiger partial charge in [-0.3, -0.25) is 14.4 Å². The lowest BCUT2D eigenvalue weighted by atomic mass is 9.96. The van der Waals surface area contributed by atoms with E-state index in [1.54, 1.807) is 10.9 Å². The van der Waals surface area contributed by atoms with E-state index in [1.807, 2.05) is 20.2 Å².